The molecule has 0 saturated heterocycles. The largest absolute Gasteiger partial charge is 0.444 e. The molecule has 2 N–H and O–H groups in total. The molecule has 0 aromatic carbocycles. The molecule has 0 aliphatic rings. The number of hydrogen-bond donors (Lipinski definition) is 2. The Labute approximate surface area is 114 Å². The van der Waals surface area contributed by atoms with Crippen molar-refractivity contribution in [1.29, 1.82) is 0 Å². The average Bonchev–Trinajstić information content (AvgIpc) is 2.33. The van der Waals surface area contributed by atoms with Crippen molar-refractivity contribution >= 4 is 6.09 Å². The van der Waals surface area contributed by atoms with Gasteiger partial charge in [0.25, 0.3) is 0 Å². The van der Waals surface area contributed by atoms with Gasteiger partial charge in [0.1, 0.15) is 5.60 Å². The van der Waals surface area contributed by atoms with Crippen LogP contribution in [0.5, 0.6) is 0 Å². The van der Waals surface area contributed by atoms with E-state index < -0.39 is 17.8 Å². The Bertz CT molecular complexity index is 387. The van der Waals surface area contributed by atoms with Gasteiger partial charge in [-0.05, 0) is 45.2 Å². The first-order chi connectivity index (χ1) is 8.88. The molecule has 5 heteroatoms. The van der Waals surface area contributed by atoms with Crippen LogP contribution in [0.25, 0.3) is 0 Å². The van der Waals surface area contributed by atoms with Crippen molar-refractivity contribution < 1.29 is 14.6 Å². The third-order valence-electron chi connectivity index (χ3n) is 2.39. The molecule has 0 saturated carbocycles. The van der Waals surface area contributed by atoms with Gasteiger partial charge in [-0.25, -0.2) is 4.79 Å². The highest BCUT2D eigenvalue weighted by Crippen LogP contribution is 2.16. The van der Waals surface area contributed by atoms with Crippen molar-refractivity contribution in [2.75, 3.05) is 6.54 Å². The molecule has 0 bridgehead atoms. The molecule has 1 aromatic rings. The van der Waals surface area contributed by atoms with Gasteiger partial charge in [-0.2, -0.15) is 0 Å². The first-order valence-corrected chi connectivity index (χ1v) is 6.43. The fraction of sp³-hybridized carbons (Fsp3) is 0.571. The summed E-state index contributed by atoms with van der Waals surface area (Å²) >= 11 is 0. The topological polar surface area (TPSA) is 71.5 Å². The molecular formula is C14H22N2O3. The molecule has 1 aromatic heterocycles. The van der Waals surface area contributed by atoms with E-state index in [1.54, 1.807) is 18.5 Å². The van der Waals surface area contributed by atoms with Gasteiger partial charge in [0.2, 0.25) is 0 Å². The van der Waals surface area contributed by atoms with E-state index in [-0.39, 0.29) is 0 Å². The zero-order valence-corrected chi connectivity index (χ0v) is 11.7. The minimum absolute atomic E-state index is 0.427. The first-order valence-electron chi connectivity index (χ1n) is 6.43. The lowest BCUT2D eigenvalue weighted by Gasteiger charge is -2.19. The lowest BCUT2D eigenvalue weighted by molar-refractivity contribution is 0.0523. The Balaban J connectivity index is 2.19. The Kier molecular flexibility index (Phi) is 5.76. The smallest absolute Gasteiger partial charge is 0.407 e. The summed E-state index contributed by atoms with van der Waals surface area (Å²) in [6, 6.07) is 3.62. The van der Waals surface area contributed by atoms with Crippen LogP contribution in [-0.4, -0.2) is 28.3 Å². The second kappa shape index (κ2) is 7.09. The molecule has 1 heterocycles. The van der Waals surface area contributed by atoms with E-state index in [0.717, 1.165) is 5.56 Å². The van der Waals surface area contributed by atoms with Crippen molar-refractivity contribution in [3.63, 3.8) is 0 Å². The molecule has 19 heavy (non-hydrogen) atoms. The van der Waals surface area contributed by atoms with Crippen molar-refractivity contribution in [1.82, 2.24) is 10.3 Å². The number of ether oxygens (including phenoxy) is 1. The van der Waals surface area contributed by atoms with Crippen molar-refractivity contribution in [3.8, 4) is 0 Å². The van der Waals surface area contributed by atoms with Crippen LogP contribution in [0.1, 0.15) is 45.3 Å². The molecule has 5 nitrogen and oxygen atoms in total. The molecule has 106 valence electrons. The van der Waals surface area contributed by atoms with Crippen LogP contribution in [-0.2, 0) is 4.74 Å². The average molecular weight is 266 g/mol. The fourth-order valence-corrected chi connectivity index (χ4v) is 1.54. The summed E-state index contributed by atoms with van der Waals surface area (Å²) < 4.78 is 5.11. The van der Waals surface area contributed by atoms with E-state index in [1.807, 2.05) is 26.8 Å². The number of aliphatic hydroxyl groups excluding tert-OH is 1. The number of rotatable bonds is 5. The highest BCUT2D eigenvalue weighted by atomic mass is 16.6. The zero-order valence-electron chi connectivity index (χ0n) is 11.7. The third-order valence-corrected chi connectivity index (χ3v) is 2.39. The first kappa shape index (κ1) is 15.4. The maximum Gasteiger partial charge on any atom is 0.407 e. The maximum atomic E-state index is 11.4. The van der Waals surface area contributed by atoms with Gasteiger partial charge in [0.15, 0.2) is 0 Å². The number of carbonyl (C=O) groups excluding carboxylic acids is 1. The summed E-state index contributed by atoms with van der Waals surface area (Å²) in [5, 5.41) is 12.5. The molecular weight excluding hydrogens is 244 g/mol. The summed E-state index contributed by atoms with van der Waals surface area (Å²) in [5.41, 5.74) is 0.305. The Morgan fingerprint density at radius 1 is 1.53 bits per heavy atom. The van der Waals surface area contributed by atoms with Crippen LogP contribution in [0, 0.1) is 0 Å². The summed E-state index contributed by atoms with van der Waals surface area (Å²) in [7, 11) is 0. The number of nitrogens with zero attached hydrogens (tertiary/aromatic N) is 1. The molecule has 1 amide bonds. The van der Waals surface area contributed by atoms with Crippen LogP contribution in [0.15, 0.2) is 24.5 Å². The second-order valence-corrected chi connectivity index (χ2v) is 5.37. The van der Waals surface area contributed by atoms with Gasteiger partial charge >= 0.3 is 6.09 Å². The van der Waals surface area contributed by atoms with Crippen LogP contribution < -0.4 is 5.32 Å². The lowest BCUT2D eigenvalue weighted by Crippen LogP contribution is -2.33. The van der Waals surface area contributed by atoms with Gasteiger partial charge in [0.05, 0.1) is 6.10 Å². The summed E-state index contributed by atoms with van der Waals surface area (Å²) in [5.74, 6) is 0. The Morgan fingerprint density at radius 3 is 2.84 bits per heavy atom. The third kappa shape index (κ3) is 6.76. The molecule has 1 atom stereocenters. The lowest BCUT2D eigenvalue weighted by atomic mass is 10.1. The Morgan fingerprint density at radius 2 is 2.26 bits per heavy atom. The number of carbonyl (C=O) groups is 1. The van der Waals surface area contributed by atoms with E-state index >= 15 is 0 Å². The SMILES string of the molecule is CC(C)(C)OC(=O)NCCC[C@H](O)c1cccnc1. The van der Waals surface area contributed by atoms with Crippen LogP contribution in [0.2, 0.25) is 0 Å². The van der Waals surface area contributed by atoms with Crippen LogP contribution in [0.3, 0.4) is 0 Å². The predicted molar refractivity (Wildman–Crippen MR) is 72.7 cm³/mol. The zero-order chi connectivity index (χ0) is 14.3. The number of aromatic nitrogens is 1. The highest BCUT2D eigenvalue weighted by molar-refractivity contribution is 5.67. The van der Waals surface area contributed by atoms with Crippen molar-refractivity contribution in [2.24, 2.45) is 0 Å². The molecule has 0 aliphatic carbocycles. The van der Waals surface area contributed by atoms with E-state index in [2.05, 4.69) is 10.3 Å². The summed E-state index contributed by atoms with van der Waals surface area (Å²) in [6.07, 6.45) is 3.58. The van der Waals surface area contributed by atoms with Crippen LogP contribution >= 0.6 is 0 Å². The molecule has 1 rings (SSSR count). The molecule has 0 aliphatic heterocycles. The van der Waals surface area contributed by atoms with Gasteiger partial charge in [0, 0.05) is 18.9 Å². The summed E-state index contributed by atoms with van der Waals surface area (Å²) in [6.45, 7) is 5.93. The quantitative estimate of drug-likeness (QED) is 0.803. The fourth-order valence-electron chi connectivity index (χ4n) is 1.54. The predicted octanol–water partition coefficient (Wildman–Crippen LogP) is 2.42. The number of aliphatic hydroxyl groups is 1. The van der Waals surface area contributed by atoms with E-state index in [9.17, 15) is 9.90 Å². The minimum atomic E-state index is -0.547. The maximum absolute atomic E-state index is 11.4. The molecule has 0 unspecified atom stereocenters. The number of alkyl carbamates (subject to hydrolysis) is 1. The van der Waals surface area contributed by atoms with E-state index in [0.29, 0.717) is 19.4 Å². The normalized spacial score (nSPS) is 12.8. The standard InChI is InChI=1S/C14H22N2O3/c1-14(2,3)19-13(18)16-9-5-7-12(17)11-6-4-8-15-10-11/h4,6,8,10,12,17H,5,7,9H2,1-3H3,(H,16,18)/t12-/m0/s1. The minimum Gasteiger partial charge on any atom is -0.444 e. The Hall–Kier alpha value is -1.62. The van der Waals surface area contributed by atoms with Gasteiger partial charge < -0.3 is 15.2 Å². The molecule has 0 spiro atoms. The van der Waals surface area contributed by atoms with E-state index in [4.69, 9.17) is 4.74 Å². The van der Waals surface area contributed by atoms with E-state index in [1.165, 1.54) is 0 Å². The van der Waals surface area contributed by atoms with Gasteiger partial charge in [-0.1, -0.05) is 6.07 Å². The number of amides is 1. The van der Waals surface area contributed by atoms with Crippen molar-refractivity contribution in [2.45, 2.75) is 45.3 Å². The van der Waals surface area contributed by atoms with Gasteiger partial charge in [-0.15, -0.1) is 0 Å². The number of pyridine rings is 1. The number of hydrogen-bond acceptors (Lipinski definition) is 4. The molecule has 0 fully saturated rings. The monoisotopic (exact) mass is 266 g/mol. The van der Waals surface area contributed by atoms with Gasteiger partial charge in [-0.3, -0.25) is 4.98 Å². The number of nitrogens with one attached hydrogen (secondary N) is 1. The highest BCUT2D eigenvalue weighted by Gasteiger charge is 2.15. The van der Waals surface area contributed by atoms with Crippen LogP contribution in [0.4, 0.5) is 4.79 Å². The van der Waals surface area contributed by atoms with Crippen molar-refractivity contribution in [3.05, 3.63) is 30.1 Å². The summed E-state index contributed by atoms with van der Waals surface area (Å²) in [4.78, 5) is 15.3. The second-order valence-electron chi connectivity index (χ2n) is 5.37. The molecule has 0 radical (unpaired) electrons.